The Morgan fingerprint density at radius 1 is 1.00 bits per heavy atom. The van der Waals surface area contributed by atoms with Gasteiger partial charge >= 0.3 is 0 Å². The highest BCUT2D eigenvalue weighted by atomic mass is 79.9. The Bertz CT molecular complexity index is 413. The van der Waals surface area contributed by atoms with Gasteiger partial charge in [0.2, 0.25) is 0 Å². The van der Waals surface area contributed by atoms with Crippen molar-refractivity contribution in [1.82, 2.24) is 0 Å². The fraction of sp³-hybridized carbons (Fsp3) is 0.250. The number of nitrogens with two attached hydrogens (primary N) is 1. The summed E-state index contributed by atoms with van der Waals surface area (Å²) in [5.74, 6) is 0. The van der Waals surface area contributed by atoms with Gasteiger partial charge in [-0.05, 0) is 46.5 Å². The molecule has 2 N–H and O–H groups in total. The number of anilines is 1. The Kier molecular flexibility index (Phi) is 7.19. The lowest BCUT2D eigenvalue weighted by molar-refractivity contribution is 0.795. The zero-order chi connectivity index (χ0) is 13.2. The smallest absolute Gasteiger partial charge is 0.0458 e. The van der Waals surface area contributed by atoms with Crippen LogP contribution < -0.4 is 5.73 Å². The van der Waals surface area contributed by atoms with E-state index in [1.807, 2.05) is 42.5 Å². The molecule has 0 amide bonds. The van der Waals surface area contributed by atoms with Crippen LogP contribution in [-0.4, -0.2) is 0 Å². The Morgan fingerprint density at radius 3 is 2.00 bits per heavy atom. The van der Waals surface area contributed by atoms with Crippen LogP contribution in [0.2, 0.25) is 0 Å². The van der Waals surface area contributed by atoms with Crippen LogP contribution in [0, 0.1) is 0 Å². The molecule has 2 aromatic carbocycles. The Labute approximate surface area is 118 Å². The van der Waals surface area contributed by atoms with Crippen LogP contribution in [0.3, 0.4) is 0 Å². The van der Waals surface area contributed by atoms with Crippen molar-refractivity contribution in [3.8, 4) is 0 Å². The van der Waals surface area contributed by atoms with E-state index in [9.17, 15) is 0 Å². The molecule has 0 saturated carbocycles. The lowest BCUT2D eigenvalue weighted by Gasteiger charge is -2.02. The maximum atomic E-state index is 5.67. The van der Waals surface area contributed by atoms with Gasteiger partial charge in [-0.15, -0.1) is 0 Å². The first-order valence-corrected chi connectivity index (χ1v) is 7.07. The van der Waals surface area contributed by atoms with Gasteiger partial charge in [0.15, 0.2) is 0 Å². The maximum Gasteiger partial charge on any atom is 0.0458 e. The molecule has 0 unspecified atom stereocenters. The molecule has 0 saturated heterocycles. The molecule has 0 aliphatic carbocycles. The molecule has 2 heteroatoms. The number of hydrogen-bond acceptors (Lipinski definition) is 1. The second-order valence-corrected chi connectivity index (χ2v) is 4.97. The maximum absolute atomic E-state index is 5.67. The van der Waals surface area contributed by atoms with Crippen molar-refractivity contribution in [2.24, 2.45) is 0 Å². The second-order valence-electron chi connectivity index (χ2n) is 4.11. The van der Waals surface area contributed by atoms with Gasteiger partial charge in [-0.1, -0.05) is 55.8 Å². The first-order chi connectivity index (χ1) is 8.74. The SMILES string of the molecule is CCCCc1ccc(N)c(Br)c1.c1ccccc1. The minimum absolute atomic E-state index is 0.815. The molecule has 0 heterocycles. The predicted molar refractivity (Wildman–Crippen MR) is 83.6 cm³/mol. The number of unbranched alkanes of at least 4 members (excludes halogenated alkanes) is 1. The molecule has 0 aliphatic rings. The summed E-state index contributed by atoms with van der Waals surface area (Å²) in [5, 5.41) is 0. The second kappa shape index (κ2) is 8.76. The molecule has 0 fully saturated rings. The number of benzene rings is 2. The monoisotopic (exact) mass is 305 g/mol. The largest absolute Gasteiger partial charge is 0.398 e. The van der Waals surface area contributed by atoms with Gasteiger partial charge in [0.25, 0.3) is 0 Å². The fourth-order valence-corrected chi connectivity index (χ4v) is 1.92. The molecule has 0 aromatic heterocycles. The van der Waals surface area contributed by atoms with E-state index in [0.717, 1.165) is 16.6 Å². The van der Waals surface area contributed by atoms with E-state index >= 15 is 0 Å². The highest BCUT2D eigenvalue weighted by Crippen LogP contribution is 2.21. The van der Waals surface area contributed by atoms with Crippen molar-refractivity contribution >= 4 is 21.6 Å². The van der Waals surface area contributed by atoms with Crippen molar-refractivity contribution in [1.29, 1.82) is 0 Å². The molecular formula is C16H20BrN. The first kappa shape index (κ1) is 14.8. The molecule has 0 aliphatic heterocycles. The molecule has 0 radical (unpaired) electrons. The summed E-state index contributed by atoms with van der Waals surface area (Å²) in [6.07, 6.45) is 3.63. The van der Waals surface area contributed by atoms with Crippen molar-refractivity contribution in [2.45, 2.75) is 26.2 Å². The van der Waals surface area contributed by atoms with E-state index in [-0.39, 0.29) is 0 Å². The van der Waals surface area contributed by atoms with Gasteiger partial charge < -0.3 is 5.73 Å². The van der Waals surface area contributed by atoms with Crippen molar-refractivity contribution in [3.63, 3.8) is 0 Å². The average Bonchev–Trinajstić information content (AvgIpc) is 2.43. The van der Waals surface area contributed by atoms with Crippen molar-refractivity contribution in [3.05, 3.63) is 64.6 Å². The fourth-order valence-electron chi connectivity index (χ4n) is 1.49. The molecule has 0 spiro atoms. The van der Waals surface area contributed by atoms with Crippen LogP contribution in [0.25, 0.3) is 0 Å². The number of aryl methyl sites for hydroxylation is 1. The quantitative estimate of drug-likeness (QED) is 0.788. The Hall–Kier alpha value is -1.28. The minimum atomic E-state index is 0.815. The molecule has 0 atom stereocenters. The van der Waals surface area contributed by atoms with E-state index < -0.39 is 0 Å². The Balaban J connectivity index is 0.000000225. The van der Waals surface area contributed by atoms with Crippen molar-refractivity contribution < 1.29 is 0 Å². The van der Waals surface area contributed by atoms with Gasteiger partial charge in [-0.2, -0.15) is 0 Å². The number of hydrogen-bond donors (Lipinski definition) is 1. The third-order valence-electron chi connectivity index (χ3n) is 2.55. The topological polar surface area (TPSA) is 26.0 Å². The van der Waals surface area contributed by atoms with Gasteiger partial charge in [-0.3, -0.25) is 0 Å². The molecule has 18 heavy (non-hydrogen) atoms. The third-order valence-corrected chi connectivity index (χ3v) is 3.24. The van der Waals surface area contributed by atoms with Gasteiger partial charge in [-0.25, -0.2) is 0 Å². The average molecular weight is 306 g/mol. The highest BCUT2D eigenvalue weighted by Gasteiger charge is 1.96. The number of halogens is 1. The Morgan fingerprint density at radius 2 is 1.56 bits per heavy atom. The van der Waals surface area contributed by atoms with E-state index in [2.05, 4.69) is 35.0 Å². The van der Waals surface area contributed by atoms with Crippen LogP contribution in [0.5, 0.6) is 0 Å². The lowest BCUT2D eigenvalue weighted by atomic mass is 10.1. The normalized spacial score (nSPS) is 9.44. The number of nitrogen functional groups attached to an aromatic ring is 1. The first-order valence-electron chi connectivity index (χ1n) is 6.28. The van der Waals surface area contributed by atoms with E-state index in [0.29, 0.717) is 0 Å². The molecule has 2 rings (SSSR count). The molecular weight excluding hydrogens is 286 g/mol. The molecule has 1 nitrogen and oxygen atoms in total. The summed E-state index contributed by atoms with van der Waals surface area (Å²) in [6.45, 7) is 2.20. The zero-order valence-corrected chi connectivity index (χ0v) is 12.4. The standard InChI is InChI=1S/C10H14BrN.C6H6/c1-2-3-4-8-5-6-10(12)9(11)7-8;1-2-4-6-5-3-1/h5-7H,2-4,12H2,1H3;1-6H. The number of rotatable bonds is 3. The van der Waals surface area contributed by atoms with Crippen LogP contribution in [0.1, 0.15) is 25.3 Å². The summed E-state index contributed by atoms with van der Waals surface area (Å²) >= 11 is 3.41. The summed E-state index contributed by atoms with van der Waals surface area (Å²) in [7, 11) is 0. The predicted octanol–water partition coefficient (Wildman–Crippen LogP) is 5.06. The summed E-state index contributed by atoms with van der Waals surface area (Å²) in [5.41, 5.74) is 7.84. The highest BCUT2D eigenvalue weighted by molar-refractivity contribution is 9.10. The van der Waals surface area contributed by atoms with Gasteiger partial charge in [0.05, 0.1) is 0 Å². The summed E-state index contributed by atoms with van der Waals surface area (Å²) in [4.78, 5) is 0. The molecule has 96 valence electrons. The zero-order valence-electron chi connectivity index (χ0n) is 10.8. The van der Waals surface area contributed by atoms with E-state index in [1.165, 1.54) is 18.4 Å². The summed E-state index contributed by atoms with van der Waals surface area (Å²) in [6, 6.07) is 18.1. The van der Waals surface area contributed by atoms with Gasteiger partial charge in [0.1, 0.15) is 0 Å². The van der Waals surface area contributed by atoms with E-state index in [1.54, 1.807) is 0 Å². The van der Waals surface area contributed by atoms with E-state index in [4.69, 9.17) is 5.73 Å². The minimum Gasteiger partial charge on any atom is -0.398 e. The molecule has 0 bridgehead atoms. The van der Waals surface area contributed by atoms with Crippen LogP contribution in [-0.2, 0) is 6.42 Å². The molecule has 2 aromatic rings. The van der Waals surface area contributed by atoms with Gasteiger partial charge in [0, 0.05) is 10.2 Å². The van der Waals surface area contributed by atoms with Crippen molar-refractivity contribution in [2.75, 3.05) is 5.73 Å². The van der Waals surface area contributed by atoms with Crippen LogP contribution in [0.15, 0.2) is 59.1 Å². The van der Waals surface area contributed by atoms with Crippen LogP contribution >= 0.6 is 15.9 Å². The lowest BCUT2D eigenvalue weighted by Crippen LogP contribution is -1.89. The summed E-state index contributed by atoms with van der Waals surface area (Å²) < 4.78 is 1.01. The van der Waals surface area contributed by atoms with Crippen LogP contribution in [0.4, 0.5) is 5.69 Å². The third kappa shape index (κ3) is 5.87.